The van der Waals surface area contributed by atoms with Crippen LogP contribution in [0.1, 0.15) is 5.56 Å². The summed E-state index contributed by atoms with van der Waals surface area (Å²) in [5.41, 5.74) is 5.90. The number of rotatable bonds is 1. The summed E-state index contributed by atoms with van der Waals surface area (Å²) in [7, 11) is 0. The first-order valence-corrected chi connectivity index (χ1v) is 4.85. The maximum atomic E-state index is 12.6. The number of pyridine rings is 1. The van der Waals surface area contributed by atoms with Crippen LogP contribution in [-0.2, 0) is 6.18 Å². The summed E-state index contributed by atoms with van der Waals surface area (Å²) in [4.78, 5) is 3.81. The largest absolute Gasteiger partial charge is 0.416 e. The van der Waals surface area contributed by atoms with E-state index in [1.807, 2.05) is 0 Å². The van der Waals surface area contributed by atoms with Crippen LogP contribution in [-0.4, -0.2) is 4.98 Å². The zero-order valence-electron chi connectivity index (χ0n) is 8.70. The fourth-order valence-corrected chi connectivity index (χ4v) is 1.53. The molecule has 0 atom stereocenters. The van der Waals surface area contributed by atoms with Crippen LogP contribution in [0, 0.1) is 0 Å². The van der Waals surface area contributed by atoms with Gasteiger partial charge in [-0.2, -0.15) is 13.2 Å². The zero-order chi connectivity index (χ0) is 12.5. The van der Waals surface area contributed by atoms with Gasteiger partial charge < -0.3 is 5.73 Å². The molecule has 1 aromatic heterocycles. The highest BCUT2D eigenvalue weighted by molar-refractivity contribution is 5.68. The lowest BCUT2D eigenvalue weighted by molar-refractivity contribution is -0.137. The Morgan fingerprint density at radius 1 is 0.941 bits per heavy atom. The van der Waals surface area contributed by atoms with Crippen LogP contribution in [0.3, 0.4) is 0 Å². The second kappa shape index (κ2) is 4.08. The molecule has 0 unspecified atom stereocenters. The minimum Gasteiger partial charge on any atom is -0.399 e. The number of alkyl halides is 3. The van der Waals surface area contributed by atoms with Crippen LogP contribution in [0.5, 0.6) is 0 Å². The lowest BCUT2D eigenvalue weighted by Gasteiger charge is -2.10. The molecule has 2 nitrogen and oxygen atoms in total. The number of nitrogens with two attached hydrogens (primary N) is 1. The van der Waals surface area contributed by atoms with E-state index in [2.05, 4.69) is 4.98 Å². The number of hydrogen-bond acceptors (Lipinski definition) is 2. The lowest BCUT2D eigenvalue weighted by atomic mass is 10.0. The molecule has 88 valence electrons. The Morgan fingerprint density at radius 2 is 1.59 bits per heavy atom. The minimum atomic E-state index is -4.39. The van der Waals surface area contributed by atoms with Gasteiger partial charge in [0.2, 0.25) is 0 Å². The number of benzene rings is 1. The van der Waals surface area contributed by atoms with Gasteiger partial charge in [0.15, 0.2) is 0 Å². The van der Waals surface area contributed by atoms with E-state index in [0.29, 0.717) is 11.1 Å². The van der Waals surface area contributed by atoms with Crippen molar-refractivity contribution in [2.45, 2.75) is 6.18 Å². The Kier molecular flexibility index (Phi) is 2.75. The van der Waals surface area contributed by atoms with Gasteiger partial charge in [-0.15, -0.1) is 0 Å². The van der Waals surface area contributed by atoms with Crippen molar-refractivity contribution in [3.63, 3.8) is 0 Å². The normalized spacial score (nSPS) is 11.5. The predicted molar refractivity (Wildman–Crippen MR) is 59.1 cm³/mol. The fraction of sp³-hybridized carbons (Fsp3) is 0.0833. The molecule has 0 aliphatic rings. The quantitative estimate of drug-likeness (QED) is 0.774. The predicted octanol–water partition coefficient (Wildman–Crippen LogP) is 3.35. The van der Waals surface area contributed by atoms with Crippen molar-refractivity contribution in [1.82, 2.24) is 4.98 Å². The molecule has 17 heavy (non-hydrogen) atoms. The zero-order valence-corrected chi connectivity index (χ0v) is 8.70. The van der Waals surface area contributed by atoms with E-state index in [9.17, 15) is 13.2 Å². The van der Waals surface area contributed by atoms with E-state index in [1.165, 1.54) is 18.5 Å². The molecule has 0 aliphatic carbocycles. The molecule has 0 aliphatic heterocycles. The van der Waals surface area contributed by atoms with Crippen LogP contribution in [0.4, 0.5) is 18.9 Å². The molecule has 0 saturated heterocycles. The molecular weight excluding hydrogens is 229 g/mol. The number of hydrogen-bond donors (Lipinski definition) is 1. The fourth-order valence-electron chi connectivity index (χ4n) is 1.53. The molecule has 2 rings (SSSR count). The van der Waals surface area contributed by atoms with Crippen LogP contribution in [0.15, 0.2) is 42.7 Å². The maximum absolute atomic E-state index is 12.6. The van der Waals surface area contributed by atoms with Crippen molar-refractivity contribution >= 4 is 5.69 Å². The Morgan fingerprint density at radius 3 is 2.18 bits per heavy atom. The molecule has 1 heterocycles. The van der Waals surface area contributed by atoms with Crippen LogP contribution in [0.25, 0.3) is 11.1 Å². The number of halogens is 3. The summed E-state index contributed by atoms with van der Waals surface area (Å²) in [6.45, 7) is 0. The highest BCUT2D eigenvalue weighted by Crippen LogP contribution is 2.33. The van der Waals surface area contributed by atoms with Gasteiger partial charge in [0, 0.05) is 18.1 Å². The third kappa shape index (κ3) is 2.55. The number of anilines is 1. The molecular formula is C12H9F3N2. The number of nitrogen functional groups attached to an aromatic ring is 1. The first kappa shape index (κ1) is 11.4. The Labute approximate surface area is 95.9 Å². The Bertz CT molecular complexity index is 521. The van der Waals surface area contributed by atoms with E-state index < -0.39 is 11.7 Å². The molecule has 1 aromatic carbocycles. The van der Waals surface area contributed by atoms with Crippen molar-refractivity contribution in [1.29, 1.82) is 0 Å². The summed E-state index contributed by atoms with van der Waals surface area (Å²) in [5, 5.41) is 0. The monoisotopic (exact) mass is 238 g/mol. The molecule has 0 fully saturated rings. The maximum Gasteiger partial charge on any atom is 0.416 e. The third-order valence-corrected chi connectivity index (χ3v) is 2.30. The summed E-state index contributed by atoms with van der Waals surface area (Å²) in [6.07, 6.45) is -1.35. The van der Waals surface area contributed by atoms with Gasteiger partial charge in [-0.3, -0.25) is 4.98 Å². The summed E-state index contributed by atoms with van der Waals surface area (Å²) >= 11 is 0. The van der Waals surface area contributed by atoms with Gasteiger partial charge >= 0.3 is 6.18 Å². The van der Waals surface area contributed by atoms with Gasteiger partial charge in [0.1, 0.15) is 0 Å². The van der Waals surface area contributed by atoms with Crippen molar-refractivity contribution in [2.24, 2.45) is 0 Å². The second-order valence-corrected chi connectivity index (χ2v) is 3.58. The summed E-state index contributed by atoms with van der Waals surface area (Å²) in [6, 6.07) is 6.77. The highest BCUT2D eigenvalue weighted by atomic mass is 19.4. The van der Waals surface area contributed by atoms with E-state index in [-0.39, 0.29) is 5.69 Å². The third-order valence-electron chi connectivity index (χ3n) is 2.30. The van der Waals surface area contributed by atoms with Crippen molar-refractivity contribution in [3.05, 3.63) is 48.3 Å². The first-order chi connectivity index (χ1) is 7.97. The van der Waals surface area contributed by atoms with E-state index in [1.54, 1.807) is 12.1 Å². The van der Waals surface area contributed by atoms with Gasteiger partial charge in [0.05, 0.1) is 5.56 Å². The minimum absolute atomic E-state index is 0.0895. The van der Waals surface area contributed by atoms with Crippen molar-refractivity contribution < 1.29 is 13.2 Å². The van der Waals surface area contributed by atoms with Crippen LogP contribution < -0.4 is 5.73 Å². The number of nitrogens with zero attached hydrogens (tertiary/aromatic N) is 1. The van der Waals surface area contributed by atoms with E-state index in [4.69, 9.17) is 5.73 Å². The SMILES string of the molecule is Nc1cc(-c2ccncc2)cc(C(F)(F)F)c1. The second-order valence-electron chi connectivity index (χ2n) is 3.58. The van der Waals surface area contributed by atoms with E-state index >= 15 is 0 Å². The van der Waals surface area contributed by atoms with Gasteiger partial charge in [-0.05, 0) is 41.5 Å². The molecule has 5 heteroatoms. The molecule has 2 N–H and O–H groups in total. The summed E-state index contributed by atoms with van der Waals surface area (Å²) < 4.78 is 37.8. The van der Waals surface area contributed by atoms with Crippen LogP contribution >= 0.6 is 0 Å². The van der Waals surface area contributed by atoms with Crippen molar-refractivity contribution in [2.75, 3.05) is 5.73 Å². The van der Waals surface area contributed by atoms with E-state index in [0.717, 1.165) is 12.1 Å². The number of aromatic nitrogens is 1. The summed E-state index contributed by atoms with van der Waals surface area (Å²) in [5.74, 6) is 0. The average Bonchev–Trinajstić information content (AvgIpc) is 2.28. The van der Waals surface area contributed by atoms with Gasteiger partial charge in [-0.1, -0.05) is 0 Å². The molecule has 0 amide bonds. The van der Waals surface area contributed by atoms with Crippen LogP contribution in [0.2, 0.25) is 0 Å². The standard InChI is InChI=1S/C12H9F3N2/c13-12(14,15)10-5-9(6-11(16)7-10)8-1-3-17-4-2-8/h1-7H,16H2. The molecule has 0 spiro atoms. The topological polar surface area (TPSA) is 38.9 Å². The Balaban J connectivity index is 2.54. The van der Waals surface area contributed by atoms with Crippen molar-refractivity contribution in [3.8, 4) is 11.1 Å². The lowest BCUT2D eigenvalue weighted by Crippen LogP contribution is -2.06. The highest BCUT2D eigenvalue weighted by Gasteiger charge is 2.31. The van der Waals surface area contributed by atoms with Gasteiger partial charge in [0.25, 0.3) is 0 Å². The smallest absolute Gasteiger partial charge is 0.399 e. The first-order valence-electron chi connectivity index (χ1n) is 4.85. The Hall–Kier alpha value is -2.04. The average molecular weight is 238 g/mol. The molecule has 0 bridgehead atoms. The molecule has 2 aromatic rings. The van der Waals surface area contributed by atoms with Gasteiger partial charge in [-0.25, -0.2) is 0 Å². The molecule has 0 radical (unpaired) electrons. The molecule has 0 saturated carbocycles.